The molecule has 0 aliphatic heterocycles. The molecule has 0 N–H and O–H groups in total. The van der Waals surface area contributed by atoms with Crippen molar-refractivity contribution >= 4 is 50.6 Å². The van der Waals surface area contributed by atoms with Crippen LogP contribution in [0, 0.1) is 0 Å². The molecule has 0 aliphatic rings. The van der Waals surface area contributed by atoms with Gasteiger partial charge in [0.25, 0.3) is 0 Å². The van der Waals surface area contributed by atoms with E-state index in [4.69, 9.17) is 4.74 Å². The maximum atomic E-state index is 11.1. The number of unbranched alkanes of at least 4 members (excludes halogenated alkanes) is 1. The molecule has 0 heterocycles. The van der Waals surface area contributed by atoms with Gasteiger partial charge in [0.1, 0.15) is 27.8 Å². The first kappa shape index (κ1) is 31.2. The van der Waals surface area contributed by atoms with Gasteiger partial charge in [0.2, 0.25) is 0 Å². The molecular weight excluding hydrogens is 506 g/mol. The molecule has 0 saturated heterocycles. The van der Waals surface area contributed by atoms with Gasteiger partial charge in [-0.3, -0.25) is 5.04 Å². The van der Waals surface area contributed by atoms with Crippen molar-refractivity contribution in [3.63, 3.8) is 0 Å². The molecule has 3 aromatic rings. The number of hydrogen-bond donors (Lipinski definition) is 0. The number of benzene rings is 3. The van der Waals surface area contributed by atoms with Crippen LogP contribution in [0.5, 0.6) is 5.75 Å². The fourth-order valence-electron chi connectivity index (χ4n) is 2.73. The summed E-state index contributed by atoms with van der Waals surface area (Å²) in [6.07, 6.45) is 1.70. The second-order valence-corrected chi connectivity index (χ2v) is 8.47. The molecule has 0 radical (unpaired) electrons. The number of carbonyl (C=O) groups excluding carboxylic acids is 1. The SMILES string of the molecule is O=CCCCOc1ccc2cc(SOO[O-])ccc2c1N=Nc1ccc(S(=O)(=O)[O-])cc1.[Na+].[Na+]. The number of nitrogens with zero attached hydrogens (tertiary/aromatic N) is 2. The Hall–Kier alpha value is -0.870. The van der Waals surface area contributed by atoms with Gasteiger partial charge in [-0.05, 0) is 54.3 Å². The third-order valence-electron chi connectivity index (χ3n) is 4.20. The Bertz CT molecular complexity index is 1230. The van der Waals surface area contributed by atoms with E-state index in [1.807, 2.05) is 0 Å². The van der Waals surface area contributed by atoms with Crippen LogP contribution in [0.2, 0.25) is 0 Å². The zero-order valence-electron chi connectivity index (χ0n) is 18.4. The van der Waals surface area contributed by atoms with Gasteiger partial charge in [0, 0.05) is 16.7 Å². The van der Waals surface area contributed by atoms with E-state index in [-0.39, 0.29) is 64.0 Å². The Morgan fingerprint density at radius 2 is 1.74 bits per heavy atom. The van der Waals surface area contributed by atoms with Gasteiger partial charge < -0.3 is 19.3 Å². The number of hydrogen-bond acceptors (Lipinski definition) is 11. The van der Waals surface area contributed by atoms with E-state index < -0.39 is 10.1 Å². The molecule has 0 bridgehead atoms. The zero-order chi connectivity index (χ0) is 23.0. The van der Waals surface area contributed by atoms with Crippen LogP contribution in [-0.2, 0) is 24.3 Å². The Morgan fingerprint density at radius 1 is 1.00 bits per heavy atom. The van der Waals surface area contributed by atoms with E-state index >= 15 is 0 Å². The topological polar surface area (TPSA) is 150 Å². The van der Waals surface area contributed by atoms with Crippen LogP contribution in [0.1, 0.15) is 12.8 Å². The molecule has 0 aliphatic carbocycles. The van der Waals surface area contributed by atoms with Crippen LogP contribution in [0.15, 0.2) is 74.6 Å². The predicted molar refractivity (Wildman–Crippen MR) is 111 cm³/mol. The fourth-order valence-corrected chi connectivity index (χ4v) is 3.61. The average Bonchev–Trinajstić information content (AvgIpc) is 2.79. The molecule has 168 valence electrons. The van der Waals surface area contributed by atoms with Crippen LogP contribution in [0.25, 0.3) is 10.8 Å². The van der Waals surface area contributed by atoms with Crippen molar-refractivity contribution in [1.29, 1.82) is 0 Å². The minimum atomic E-state index is -4.56. The van der Waals surface area contributed by atoms with Crippen LogP contribution >= 0.6 is 12.0 Å². The predicted octanol–water partition coefficient (Wildman–Crippen LogP) is -2.24. The molecule has 34 heavy (non-hydrogen) atoms. The summed E-state index contributed by atoms with van der Waals surface area (Å²) < 4.78 is 43.3. The Labute approximate surface area is 244 Å². The van der Waals surface area contributed by atoms with Crippen LogP contribution in [0.3, 0.4) is 0 Å². The number of rotatable bonds is 11. The van der Waals surface area contributed by atoms with E-state index in [0.717, 1.165) is 35.8 Å². The summed E-state index contributed by atoms with van der Waals surface area (Å²) in [7, 11) is -4.56. The number of fused-ring (bicyclic) bond motifs is 1. The summed E-state index contributed by atoms with van der Waals surface area (Å²) in [6, 6.07) is 13.7. The van der Waals surface area contributed by atoms with Crippen molar-refractivity contribution in [2.24, 2.45) is 10.2 Å². The smallest absolute Gasteiger partial charge is 0.744 e. The second kappa shape index (κ2) is 15.3. The van der Waals surface area contributed by atoms with E-state index in [1.165, 1.54) is 12.1 Å². The molecule has 0 atom stereocenters. The van der Waals surface area contributed by atoms with E-state index in [2.05, 4.69) is 19.6 Å². The second-order valence-electron chi connectivity index (χ2n) is 6.32. The number of azo groups is 1. The van der Waals surface area contributed by atoms with Crippen LogP contribution in [0.4, 0.5) is 11.4 Å². The number of carbonyl (C=O) groups is 1. The van der Waals surface area contributed by atoms with E-state index in [1.54, 1.807) is 30.3 Å². The maximum Gasteiger partial charge on any atom is 1.00 e. The van der Waals surface area contributed by atoms with Gasteiger partial charge in [-0.25, -0.2) is 8.42 Å². The van der Waals surface area contributed by atoms with E-state index in [0.29, 0.717) is 46.9 Å². The van der Waals surface area contributed by atoms with Gasteiger partial charge in [0.15, 0.2) is 0 Å². The van der Waals surface area contributed by atoms with Crippen molar-refractivity contribution in [2.75, 3.05) is 6.61 Å². The van der Waals surface area contributed by atoms with Crippen LogP contribution < -0.4 is 69.1 Å². The minimum Gasteiger partial charge on any atom is -0.744 e. The van der Waals surface area contributed by atoms with Crippen molar-refractivity contribution in [1.82, 2.24) is 0 Å². The third kappa shape index (κ3) is 8.97. The third-order valence-corrected chi connectivity index (χ3v) is 5.62. The standard InChI is InChI=1S/C20H18N2O8S2.2Na/c23-11-1-2-12-28-19-10-3-14-13-16(31-30-29-24)6-9-18(14)20(19)22-21-15-4-7-17(8-5-15)32(25,26)27;;/h3-11,13,24H,1-2,12H2,(H,25,26,27);;/q;2*+1/p-2. The molecule has 0 unspecified atom stereocenters. The molecule has 3 aromatic carbocycles. The monoisotopic (exact) mass is 522 g/mol. The van der Waals surface area contributed by atoms with Crippen molar-refractivity contribution in [3.8, 4) is 5.75 Å². The molecule has 14 heteroatoms. The average molecular weight is 522 g/mol. The summed E-state index contributed by atoms with van der Waals surface area (Å²) in [5.74, 6) is 0.436. The summed E-state index contributed by atoms with van der Waals surface area (Å²) in [6.45, 7) is 0.297. The van der Waals surface area contributed by atoms with Crippen molar-refractivity contribution in [3.05, 3.63) is 54.6 Å². The van der Waals surface area contributed by atoms with Gasteiger partial charge in [-0.2, -0.15) is 9.45 Å². The van der Waals surface area contributed by atoms with Gasteiger partial charge >= 0.3 is 59.1 Å². The molecular formula is C20H16N2Na2O8S2. The Balaban J connectivity index is 0.00000289. The van der Waals surface area contributed by atoms with Crippen molar-refractivity contribution in [2.45, 2.75) is 22.6 Å². The minimum absolute atomic E-state index is 0. The maximum absolute atomic E-state index is 11.1. The number of ether oxygens (including phenoxy) is 1. The van der Waals surface area contributed by atoms with Gasteiger partial charge in [0.05, 0.1) is 29.2 Å². The molecule has 0 saturated carbocycles. The first-order chi connectivity index (χ1) is 15.4. The molecule has 0 amide bonds. The summed E-state index contributed by atoms with van der Waals surface area (Å²) >= 11 is 0.750. The summed E-state index contributed by atoms with van der Waals surface area (Å²) in [4.78, 5) is 10.8. The first-order valence-corrected chi connectivity index (χ1v) is 11.3. The first-order valence-electron chi connectivity index (χ1n) is 9.16. The van der Waals surface area contributed by atoms with Crippen LogP contribution in [-0.4, -0.2) is 25.9 Å². The van der Waals surface area contributed by atoms with Gasteiger partial charge in [-0.1, -0.05) is 12.1 Å². The Morgan fingerprint density at radius 3 is 2.38 bits per heavy atom. The zero-order valence-corrected chi connectivity index (χ0v) is 24.0. The van der Waals surface area contributed by atoms with E-state index in [9.17, 15) is 23.0 Å². The summed E-state index contributed by atoms with van der Waals surface area (Å²) in [5, 5.41) is 23.3. The van der Waals surface area contributed by atoms with Gasteiger partial charge in [-0.15, -0.1) is 5.11 Å². The Kier molecular flexibility index (Phi) is 14.0. The fraction of sp³-hybridized carbons (Fsp3) is 0.150. The summed E-state index contributed by atoms with van der Waals surface area (Å²) in [5.41, 5.74) is 0.737. The molecule has 3 rings (SSSR count). The molecule has 0 fully saturated rings. The normalized spacial score (nSPS) is 11.1. The number of aldehydes is 1. The van der Waals surface area contributed by atoms with Crippen molar-refractivity contribution < 1.29 is 96.2 Å². The largest absolute Gasteiger partial charge is 1.00 e. The molecule has 10 nitrogen and oxygen atoms in total. The molecule has 0 aromatic heterocycles. The molecule has 0 spiro atoms. The quantitative estimate of drug-likeness (QED) is 0.0398.